The Kier molecular flexibility index (Phi) is 5.42. The summed E-state index contributed by atoms with van der Waals surface area (Å²) in [5.41, 5.74) is 0. The van der Waals surface area contributed by atoms with Crippen molar-refractivity contribution in [2.75, 3.05) is 11.5 Å². The second kappa shape index (κ2) is 5.83. The minimum absolute atomic E-state index is 0.712. The molecular formula is C7H10F3NO4S. The molecule has 2 N–H and O–H groups in total. The van der Waals surface area contributed by atoms with E-state index in [4.69, 9.17) is 5.11 Å². The molecule has 5 nitrogen and oxygen atoms in total. The molecule has 0 radical (unpaired) electrons. The standard InChI is InChI=1S/C7H10F3NO4S/c1-4(12)11-5(6(13)14)2-16(15)3-7(8,9)10/h5H,2-3H2,1H3,(H,11,12)(H,13,14)/t5-,16?/m0/s1. The van der Waals surface area contributed by atoms with Crippen LogP contribution in [-0.2, 0) is 20.4 Å². The molecule has 0 bridgehead atoms. The van der Waals surface area contributed by atoms with E-state index in [-0.39, 0.29) is 0 Å². The number of hydrogen-bond acceptors (Lipinski definition) is 3. The second-order valence-corrected chi connectivity index (χ2v) is 4.46. The van der Waals surface area contributed by atoms with Gasteiger partial charge in [-0.2, -0.15) is 13.2 Å². The fraction of sp³-hybridized carbons (Fsp3) is 0.714. The van der Waals surface area contributed by atoms with E-state index in [0.717, 1.165) is 6.92 Å². The van der Waals surface area contributed by atoms with Crippen LogP contribution in [-0.4, -0.2) is 44.9 Å². The lowest BCUT2D eigenvalue weighted by Crippen LogP contribution is -2.44. The van der Waals surface area contributed by atoms with Crippen LogP contribution in [0.3, 0.4) is 0 Å². The number of hydrogen-bond donors (Lipinski definition) is 2. The maximum atomic E-state index is 11.8. The van der Waals surface area contributed by atoms with E-state index < -0.39 is 46.4 Å². The summed E-state index contributed by atoms with van der Waals surface area (Å²) < 4.78 is 46.3. The Bertz CT molecular complexity index is 304. The Hall–Kier alpha value is -1.12. The minimum atomic E-state index is -4.62. The normalized spacial score (nSPS) is 15.2. The zero-order chi connectivity index (χ0) is 12.9. The van der Waals surface area contributed by atoms with Gasteiger partial charge in [-0.1, -0.05) is 0 Å². The van der Waals surface area contributed by atoms with Crippen LogP contribution in [0.4, 0.5) is 13.2 Å². The fourth-order valence-corrected chi connectivity index (χ4v) is 1.93. The van der Waals surface area contributed by atoms with E-state index in [1.165, 1.54) is 0 Å². The molecule has 0 fully saturated rings. The third kappa shape index (κ3) is 7.21. The first kappa shape index (κ1) is 14.9. The molecule has 0 spiro atoms. The summed E-state index contributed by atoms with van der Waals surface area (Å²) in [4.78, 5) is 21.0. The lowest BCUT2D eigenvalue weighted by atomic mass is 10.3. The van der Waals surface area contributed by atoms with Crippen molar-refractivity contribution in [1.82, 2.24) is 5.32 Å². The molecule has 0 aliphatic heterocycles. The summed E-state index contributed by atoms with van der Waals surface area (Å²) in [5, 5.41) is 10.4. The summed E-state index contributed by atoms with van der Waals surface area (Å²) >= 11 is 0. The number of carboxylic acids is 1. The van der Waals surface area contributed by atoms with Crippen molar-refractivity contribution in [2.24, 2.45) is 0 Å². The molecule has 9 heteroatoms. The van der Waals surface area contributed by atoms with Gasteiger partial charge in [0, 0.05) is 17.7 Å². The molecule has 0 aromatic rings. The molecule has 0 rings (SSSR count). The van der Waals surface area contributed by atoms with Crippen LogP contribution in [0.2, 0.25) is 0 Å². The summed E-state index contributed by atoms with van der Waals surface area (Å²) in [5.74, 6) is -4.59. The number of carbonyl (C=O) groups is 2. The quantitative estimate of drug-likeness (QED) is 0.723. The van der Waals surface area contributed by atoms with Crippen molar-refractivity contribution < 1.29 is 32.1 Å². The van der Waals surface area contributed by atoms with Crippen molar-refractivity contribution in [3.63, 3.8) is 0 Å². The number of carbonyl (C=O) groups excluding carboxylic acids is 1. The molecule has 16 heavy (non-hydrogen) atoms. The minimum Gasteiger partial charge on any atom is -0.480 e. The monoisotopic (exact) mass is 261 g/mol. The molecule has 2 atom stereocenters. The molecule has 94 valence electrons. The van der Waals surface area contributed by atoms with Crippen molar-refractivity contribution in [1.29, 1.82) is 0 Å². The highest BCUT2D eigenvalue weighted by molar-refractivity contribution is 7.85. The zero-order valence-corrected chi connectivity index (χ0v) is 9.02. The van der Waals surface area contributed by atoms with E-state index in [0.29, 0.717) is 0 Å². The zero-order valence-electron chi connectivity index (χ0n) is 8.21. The molecule has 1 amide bonds. The van der Waals surface area contributed by atoms with Gasteiger partial charge in [-0.25, -0.2) is 4.79 Å². The predicted octanol–water partition coefficient (Wildman–Crippen LogP) is -0.113. The van der Waals surface area contributed by atoms with Gasteiger partial charge in [0.15, 0.2) is 0 Å². The van der Waals surface area contributed by atoms with Crippen LogP contribution < -0.4 is 5.32 Å². The largest absolute Gasteiger partial charge is 0.480 e. The Morgan fingerprint density at radius 2 is 1.94 bits per heavy atom. The van der Waals surface area contributed by atoms with Crippen LogP contribution >= 0.6 is 0 Å². The van der Waals surface area contributed by atoms with Crippen molar-refractivity contribution in [3.05, 3.63) is 0 Å². The Labute approximate surface area is 91.5 Å². The van der Waals surface area contributed by atoms with Gasteiger partial charge in [0.2, 0.25) is 5.91 Å². The molecule has 1 unspecified atom stereocenters. The maximum absolute atomic E-state index is 11.8. The van der Waals surface area contributed by atoms with E-state index >= 15 is 0 Å². The van der Waals surface area contributed by atoms with Gasteiger partial charge in [0.05, 0.1) is 5.75 Å². The highest BCUT2D eigenvalue weighted by atomic mass is 32.2. The van der Waals surface area contributed by atoms with Crippen LogP contribution in [0.25, 0.3) is 0 Å². The summed E-state index contributed by atoms with van der Waals surface area (Å²) in [6, 6.07) is -1.57. The third-order valence-corrected chi connectivity index (χ3v) is 2.71. The summed E-state index contributed by atoms with van der Waals surface area (Å²) in [6.07, 6.45) is -4.62. The van der Waals surface area contributed by atoms with Crippen LogP contribution in [0.1, 0.15) is 6.92 Å². The van der Waals surface area contributed by atoms with Crippen molar-refractivity contribution >= 4 is 22.7 Å². The summed E-state index contributed by atoms with van der Waals surface area (Å²) in [6.45, 7) is 1.02. The Balaban J connectivity index is 4.35. The topological polar surface area (TPSA) is 83.5 Å². The number of rotatable bonds is 5. The van der Waals surface area contributed by atoms with Crippen molar-refractivity contribution in [3.8, 4) is 0 Å². The maximum Gasteiger partial charge on any atom is 0.400 e. The predicted molar refractivity (Wildman–Crippen MR) is 49.2 cm³/mol. The molecule has 0 aromatic carbocycles. The molecule has 0 aliphatic carbocycles. The second-order valence-electron chi connectivity index (χ2n) is 2.96. The van der Waals surface area contributed by atoms with E-state index in [9.17, 15) is 27.0 Å². The number of aliphatic carboxylic acids is 1. The van der Waals surface area contributed by atoms with Crippen molar-refractivity contribution in [2.45, 2.75) is 19.1 Å². The number of carboxylic acid groups (broad SMARTS) is 1. The first-order chi connectivity index (χ1) is 7.11. The lowest BCUT2D eigenvalue weighted by molar-refractivity contribution is -0.140. The highest BCUT2D eigenvalue weighted by Crippen LogP contribution is 2.16. The van der Waals surface area contributed by atoms with E-state index in [1.807, 2.05) is 5.32 Å². The first-order valence-electron chi connectivity index (χ1n) is 4.03. The number of alkyl halides is 3. The average Bonchev–Trinajstić information content (AvgIpc) is 1.97. The molecule has 0 saturated carbocycles. The SMILES string of the molecule is CC(=O)N[C@@H](CS(=O)CC(F)(F)F)C(=O)O. The molecular weight excluding hydrogens is 251 g/mol. The smallest absolute Gasteiger partial charge is 0.400 e. The Morgan fingerprint density at radius 1 is 1.44 bits per heavy atom. The Morgan fingerprint density at radius 3 is 2.25 bits per heavy atom. The average molecular weight is 261 g/mol. The van der Waals surface area contributed by atoms with Gasteiger partial charge in [0.1, 0.15) is 11.8 Å². The molecule has 0 saturated heterocycles. The van der Waals surface area contributed by atoms with Gasteiger partial charge in [-0.3, -0.25) is 9.00 Å². The van der Waals surface area contributed by atoms with Crippen LogP contribution in [0.15, 0.2) is 0 Å². The van der Waals surface area contributed by atoms with Gasteiger partial charge >= 0.3 is 12.1 Å². The summed E-state index contributed by atoms with van der Waals surface area (Å²) in [7, 11) is -2.38. The third-order valence-electron chi connectivity index (χ3n) is 1.35. The van der Waals surface area contributed by atoms with Gasteiger partial charge in [-0.15, -0.1) is 0 Å². The molecule has 0 aromatic heterocycles. The van der Waals surface area contributed by atoms with E-state index in [2.05, 4.69) is 0 Å². The van der Waals surface area contributed by atoms with Gasteiger partial charge in [-0.05, 0) is 0 Å². The number of halogens is 3. The first-order valence-corrected chi connectivity index (χ1v) is 5.52. The number of amides is 1. The molecule has 0 heterocycles. The molecule has 0 aliphatic rings. The van der Waals surface area contributed by atoms with Crippen LogP contribution in [0.5, 0.6) is 0 Å². The number of nitrogens with one attached hydrogen (secondary N) is 1. The van der Waals surface area contributed by atoms with Gasteiger partial charge in [0.25, 0.3) is 0 Å². The highest BCUT2D eigenvalue weighted by Gasteiger charge is 2.32. The van der Waals surface area contributed by atoms with E-state index in [1.54, 1.807) is 0 Å². The van der Waals surface area contributed by atoms with Crippen LogP contribution in [0, 0.1) is 0 Å². The van der Waals surface area contributed by atoms with Gasteiger partial charge < -0.3 is 10.4 Å². The lowest BCUT2D eigenvalue weighted by Gasteiger charge is -2.13. The fourth-order valence-electron chi connectivity index (χ4n) is 0.847.